The van der Waals surface area contributed by atoms with E-state index in [1.165, 1.54) is 0 Å². The van der Waals surface area contributed by atoms with Gasteiger partial charge in [-0.15, -0.1) is 24.9 Å². The van der Waals surface area contributed by atoms with Gasteiger partial charge in [0.1, 0.15) is 6.04 Å². The molecule has 0 aliphatic carbocycles. The van der Waals surface area contributed by atoms with Gasteiger partial charge in [-0.2, -0.15) is 0 Å². The number of anilines is 1. The number of aliphatic hydroxyl groups excluding tert-OH is 1. The first kappa shape index (κ1) is 29.4. The summed E-state index contributed by atoms with van der Waals surface area (Å²) in [7, 11) is 0. The molecule has 0 radical (unpaired) electrons. The molecule has 8 heteroatoms. The third-order valence-corrected chi connectivity index (χ3v) is 10.7. The average Bonchev–Trinajstić information content (AvgIpc) is 3.48. The van der Waals surface area contributed by atoms with Crippen molar-refractivity contribution in [3.8, 4) is 0 Å². The average molecular weight is 554 g/mol. The van der Waals surface area contributed by atoms with Crippen molar-refractivity contribution < 1.29 is 19.5 Å². The molecule has 0 aromatic heterocycles. The van der Waals surface area contributed by atoms with Gasteiger partial charge in [0.15, 0.2) is 0 Å². The van der Waals surface area contributed by atoms with Crippen molar-refractivity contribution in [1.82, 2.24) is 9.80 Å². The maximum atomic E-state index is 14.4. The Balaban J connectivity index is 1.76. The fraction of sp³-hybridized carbons (Fsp3) is 0.581. The van der Waals surface area contributed by atoms with Crippen LogP contribution in [0.1, 0.15) is 52.9 Å². The lowest BCUT2D eigenvalue weighted by atomic mass is 9.66. The molecule has 3 aliphatic heterocycles. The molecular formula is C31H43N3O4S. The van der Waals surface area contributed by atoms with Crippen LogP contribution in [0.15, 0.2) is 55.6 Å². The van der Waals surface area contributed by atoms with Crippen LogP contribution in [-0.2, 0) is 14.4 Å². The van der Waals surface area contributed by atoms with Crippen LogP contribution in [0.3, 0.4) is 0 Å². The fourth-order valence-corrected chi connectivity index (χ4v) is 9.32. The minimum absolute atomic E-state index is 0.0462. The van der Waals surface area contributed by atoms with Crippen LogP contribution < -0.4 is 4.90 Å². The van der Waals surface area contributed by atoms with E-state index in [0.717, 1.165) is 24.9 Å². The molecule has 3 aliphatic rings. The van der Waals surface area contributed by atoms with Gasteiger partial charge >= 0.3 is 0 Å². The molecule has 2 bridgehead atoms. The number of para-hydroxylation sites is 1. The van der Waals surface area contributed by atoms with E-state index >= 15 is 0 Å². The lowest BCUT2D eigenvalue weighted by Gasteiger charge is -2.39. The summed E-state index contributed by atoms with van der Waals surface area (Å²) < 4.78 is -1.08. The van der Waals surface area contributed by atoms with Crippen LogP contribution in [0.5, 0.6) is 0 Å². The molecule has 3 fully saturated rings. The normalized spacial score (nSPS) is 29.0. The summed E-state index contributed by atoms with van der Waals surface area (Å²) in [6.07, 6.45) is 7.09. The van der Waals surface area contributed by atoms with Crippen LogP contribution >= 0.6 is 11.8 Å². The molecule has 1 aromatic rings. The standard InChI is InChI=1S/C31H43N3O4S/c1-6-18-32(22(3)4)29(38)26-31-17-16-30(5,39-31)24(25(31)28(37)34(26)20-12-9-13-21-35)27(36)33(19-7-2)23-14-10-8-11-15-23/h6-8,10-11,14-15,22,24-26,35H,1-2,9,12-13,16-21H2,3-5H3/t24-,25-,26?,30+,31?/m0/s1. The molecule has 5 atom stereocenters. The topological polar surface area (TPSA) is 81.2 Å². The molecular weight excluding hydrogens is 510 g/mol. The van der Waals surface area contributed by atoms with Gasteiger partial charge in [-0.3, -0.25) is 14.4 Å². The highest BCUT2D eigenvalue weighted by atomic mass is 32.2. The summed E-state index contributed by atoms with van der Waals surface area (Å²) in [5.74, 6) is -1.31. The number of nitrogens with zero attached hydrogens (tertiary/aromatic N) is 3. The molecule has 2 unspecified atom stereocenters. The van der Waals surface area contributed by atoms with Crippen molar-refractivity contribution in [2.75, 3.05) is 31.1 Å². The van der Waals surface area contributed by atoms with E-state index < -0.39 is 27.4 Å². The minimum Gasteiger partial charge on any atom is -0.396 e. The van der Waals surface area contributed by atoms with E-state index in [1.54, 1.807) is 33.7 Å². The number of carbonyl (C=O) groups excluding carboxylic acids is 3. The van der Waals surface area contributed by atoms with Gasteiger partial charge in [0, 0.05) is 42.7 Å². The van der Waals surface area contributed by atoms with Crippen molar-refractivity contribution in [1.29, 1.82) is 0 Å². The monoisotopic (exact) mass is 553 g/mol. The van der Waals surface area contributed by atoms with Crippen LogP contribution in [0.4, 0.5) is 5.69 Å². The van der Waals surface area contributed by atoms with Gasteiger partial charge in [0.05, 0.1) is 16.6 Å². The molecule has 3 heterocycles. The lowest BCUT2D eigenvalue weighted by Crippen LogP contribution is -2.56. The van der Waals surface area contributed by atoms with E-state index in [9.17, 15) is 19.5 Å². The van der Waals surface area contributed by atoms with Gasteiger partial charge in [0.2, 0.25) is 17.7 Å². The number of benzene rings is 1. The second-order valence-corrected chi connectivity index (χ2v) is 13.4. The molecule has 39 heavy (non-hydrogen) atoms. The number of aliphatic hydroxyl groups is 1. The molecule has 0 saturated carbocycles. The Hall–Kier alpha value is -2.58. The Kier molecular flexibility index (Phi) is 8.96. The first-order valence-corrected chi connectivity index (χ1v) is 15.0. The number of fused-ring (bicyclic) bond motifs is 1. The summed E-state index contributed by atoms with van der Waals surface area (Å²) >= 11 is 1.70. The van der Waals surface area contributed by atoms with Crippen molar-refractivity contribution in [2.45, 2.75) is 74.5 Å². The smallest absolute Gasteiger partial charge is 0.247 e. The van der Waals surface area contributed by atoms with Crippen molar-refractivity contribution in [3.63, 3.8) is 0 Å². The SMILES string of the molecule is C=CCN(C(=O)[C@@H]1[C@H]2C(=O)N(CCCCCO)C(C(=O)N(CC=C)C(C)C)C23CC[C@@]1(C)S3)c1ccccc1. The zero-order chi connectivity index (χ0) is 28.4. The first-order valence-electron chi connectivity index (χ1n) is 14.2. The van der Waals surface area contributed by atoms with Crippen LogP contribution in [0.25, 0.3) is 0 Å². The number of amides is 3. The largest absolute Gasteiger partial charge is 0.396 e. The van der Waals surface area contributed by atoms with E-state index in [0.29, 0.717) is 32.5 Å². The molecule has 1 spiro atoms. The highest BCUT2D eigenvalue weighted by molar-refractivity contribution is 8.02. The third kappa shape index (κ3) is 5.06. The van der Waals surface area contributed by atoms with Gasteiger partial charge in [0.25, 0.3) is 0 Å². The predicted molar refractivity (Wildman–Crippen MR) is 157 cm³/mol. The third-order valence-electron chi connectivity index (χ3n) is 8.71. The van der Waals surface area contributed by atoms with E-state index in [2.05, 4.69) is 20.1 Å². The van der Waals surface area contributed by atoms with Gasteiger partial charge in [-0.05, 0) is 65.0 Å². The summed E-state index contributed by atoms with van der Waals surface area (Å²) in [6.45, 7) is 15.1. The molecule has 7 nitrogen and oxygen atoms in total. The molecule has 212 valence electrons. The zero-order valence-electron chi connectivity index (χ0n) is 23.6. The molecule has 1 N–H and O–H groups in total. The Bertz CT molecular complexity index is 1090. The quantitative estimate of drug-likeness (QED) is 0.292. The highest BCUT2D eigenvalue weighted by Crippen LogP contribution is 2.71. The van der Waals surface area contributed by atoms with Crippen LogP contribution in [-0.4, -0.2) is 80.4 Å². The minimum atomic E-state index is -0.648. The zero-order valence-corrected chi connectivity index (χ0v) is 24.4. The van der Waals surface area contributed by atoms with Gasteiger partial charge in [-0.1, -0.05) is 30.4 Å². The van der Waals surface area contributed by atoms with Crippen LogP contribution in [0, 0.1) is 11.8 Å². The van der Waals surface area contributed by atoms with E-state index in [4.69, 9.17) is 0 Å². The van der Waals surface area contributed by atoms with Gasteiger partial charge in [-0.25, -0.2) is 0 Å². The number of hydrogen-bond acceptors (Lipinski definition) is 5. The second-order valence-electron chi connectivity index (χ2n) is 11.5. The Morgan fingerprint density at radius 2 is 1.79 bits per heavy atom. The summed E-state index contributed by atoms with van der Waals surface area (Å²) in [5.41, 5.74) is 0.781. The fourth-order valence-electron chi connectivity index (χ4n) is 6.97. The number of rotatable bonds is 13. The Morgan fingerprint density at radius 3 is 2.41 bits per heavy atom. The second kappa shape index (κ2) is 11.9. The summed E-state index contributed by atoms with van der Waals surface area (Å²) in [4.78, 5) is 48.4. The number of hydrogen-bond donors (Lipinski definition) is 1. The summed E-state index contributed by atoms with van der Waals surface area (Å²) in [5, 5.41) is 9.27. The van der Waals surface area contributed by atoms with Crippen molar-refractivity contribution >= 4 is 35.2 Å². The highest BCUT2D eigenvalue weighted by Gasteiger charge is 2.77. The van der Waals surface area contributed by atoms with Gasteiger partial charge < -0.3 is 19.8 Å². The van der Waals surface area contributed by atoms with E-state index in [1.807, 2.05) is 49.1 Å². The lowest BCUT2D eigenvalue weighted by molar-refractivity contribution is -0.143. The van der Waals surface area contributed by atoms with E-state index in [-0.39, 0.29) is 30.4 Å². The Labute approximate surface area is 237 Å². The predicted octanol–water partition coefficient (Wildman–Crippen LogP) is 4.27. The Morgan fingerprint density at radius 1 is 1.10 bits per heavy atom. The summed E-state index contributed by atoms with van der Waals surface area (Å²) in [6, 6.07) is 8.87. The molecule has 4 rings (SSSR count). The van der Waals surface area contributed by atoms with Crippen molar-refractivity contribution in [2.24, 2.45) is 11.8 Å². The molecule has 1 aromatic carbocycles. The maximum absolute atomic E-state index is 14.4. The number of likely N-dealkylation sites (tertiary alicyclic amines) is 1. The van der Waals surface area contributed by atoms with Crippen LogP contribution in [0.2, 0.25) is 0 Å². The number of thioether (sulfide) groups is 1. The maximum Gasteiger partial charge on any atom is 0.247 e. The first-order chi connectivity index (χ1) is 18.7. The number of unbranched alkanes of at least 4 members (excludes halogenated alkanes) is 2. The van der Waals surface area contributed by atoms with Crippen molar-refractivity contribution in [3.05, 3.63) is 55.6 Å². The molecule has 3 amide bonds. The molecule has 3 saturated heterocycles. The number of carbonyl (C=O) groups is 3.